The van der Waals surface area contributed by atoms with Crippen molar-refractivity contribution >= 4 is 11.7 Å². The van der Waals surface area contributed by atoms with Crippen LogP contribution in [0.3, 0.4) is 0 Å². The van der Waals surface area contributed by atoms with Gasteiger partial charge in [-0.25, -0.2) is 4.98 Å². The predicted octanol–water partition coefficient (Wildman–Crippen LogP) is 2.86. The fraction of sp³-hybridized carbons (Fsp3) is 0.769. The van der Waals surface area contributed by atoms with E-state index in [2.05, 4.69) is 44.1 Å². The molecule has 2 aliphatic heterocycles. The highest BCUT2D eigenvalue weighted by Crippen LogP contribution is 2.49. The Labute approximate surface area is 193 Å². The number of hydrogen-bond donors (Lipinski definition) is 1. The first-order valence-electron chi connectivity index (χ1n) is 13.0. The van der Waals surface area contributed by atoms with Crippen molar-refractivity contribution in [2.75, 3.05) is 57.3 Å². The molecule has 2 bridgehead atoms. The monoisotopic (exact) mass is 439 g/mol. The van der Waals surface area contributed by atoms with Gasteiger partial charge in [0.1, 0.15) is 5.82 Å². The molecule has 5 rings (SSSR count). The first kappa shape index (κ1) is 22.1. The molecule has 2 aliphatic carbocycles. The minimum absolute atomic E-state index is 0.241. The molecule has 3 heterocycles. The zero-order chi connectivity index (χ0) is 21.9. The zero-order valence-electron chi connectivity index (χ0n) is 19.8. The number of likely N-dealkylation sites (tertiary alicyclic amines) is 1. The Morgan fingerprint density at radius 1 is 1.09 bits per heavy atom. The Morgan fingerprint density at radius 3 is 2.69 bits per heavy atom. The van der Waals surface area contributed by atoms with Crippen molar-refractivity contribution in [1.82, 2.24) is 20.1 Å². The molecule has 1 N–H and O–H groups in total. The molecule has 0 aromatic carbocycles. The van der Waals surface area contributed by atoms with Crippen LogP contribution in [0.15, 0.2) is 24.4 Å². The van der Waals surface area contributed by atoms with Gasteiger partial charge in [0.05, 0.1) is 6.54 Å². The minimum Gasteiger partial charge on any atom is -0.354 e. The Kier molecular flexibility index (Phi) is 6.98. The number of nitrogens with one attached hydrogen (secondary N) is 1. The van der Waals surface area contributed by atoms with Crippen molar-refractivity contribution in [2.45, 2.75) is 51.5 Å². The smallest absolute Gasteiger partial charge is 0.234 e. The van der Waals surface area contributed by atoms with Crippen LogP contribution in [0.5, 0.6) is 0 Å². The van der Waals surface area contributed by atoms with Gasteiger partial charge in [-0.05, 0) is 81.4 Å². The molecule has 1 amide bonds. The summed E-state index contributed by atoms with van der Waals surface area (Å²) in [5.41, 5.74) is 0. The lowest BCUT2D eigenvalue weighted by Gasteiger charge is -2.39. The summed E-state index contributed by atoms with van der Waals surface area (Å²) in [7, 11) is 0. The van der Waals surface area contributed by atoms with Gasteiger partial charge in [0.2, 0.25) is 5.91 Å². The highest BCUT2D eigenvalue weighted by molar-refractivity contribution is 5.78. The summed E-state index contributed by atoms with van der Waals surface area (Å²) >= 11 is 0. The van der Waals surface area contributed by atoms with Crippen molar-refractivity contribution in [3.05, 3.63) is 24.4 Å². The molecule has 176 valence electrons. The van der Waals surface area contributed by atoms with E-state index in [-0.39, 0.29) is 5.91 Å². The Bertz CT molecular complexity index is 750. The third-order valence-corrected chi connectivity index (χ3v) is 8.66. The largest absolute Gasteiger partial charge is 0.354 e. The summed E-state index contributed by atoms with van der Waals surface area (Å²) in [4.78, 5) is 24.7. The van der Waals surface area contributed by atoms with Gasteiger partial charge >= 0.3 is 0 Å². The molecule has 2 saturated heterocycles. The third kappa shape index (κ3) is 5.28. The lowest BCUT2D eigenvalue weighted by molar-refractivity contribution is -0.123. The van der Waals surface area contributed by atoms with Gasteiger partial charge in [0, 0.05) is 51.5 Å². The third-order valence-electron chi connectivity index (χ3n) is 8.66. The van der Waals surface area contributed by atoms with Gasteiger partial charge in [-0.1, -0.05) is 12.5 Å². The molecular weight excluding hydrogens is 398 g/mol. The number of carbonyl (C=O) groups is 1. The van der Waals surface area contributed by atoms with Crippen LogP contribution in [0.1, 0.15) is 45.4 Å². The van der Waals surface area contributed by atoms with Crippen LogP contribution in [0.4, 0.5) is 5.82 Å². The molecule has 0 spiro atoms. The van der Waals surface area contributed by atoms with Crippen LogP contribution in [0, 0.1) is 23.7 Å². The number of amides is 1. The SMILES string of the molecule is CC(NC(=O)CN1CCCC(CN2CCN(c3ccccn3)CC2)C1)C1CC2CCC1C2. The number of pyridine rings is 1. The van der Waals surface area contributed by atoms with Crippen LogP contribution in [-0.4, -0.2) is 79.1 Å². The molecule has 6 heteroatoms. The van der Waals surface area contributed by atoms with Gasteiger partial charge in [-0.3, -0.25) is 14.6 Å². The molecule has 1 aromatic heterocycles. The van der Waals surface area contributed by atoms with Crippen molar-refractivity contribution < 1.29 is 4.79 Å². The second kappa shape index (κ2) is 10.1. The number of carbonyl (C=O) groups excluding carboxylic acids is 1. The Hall–Kier alpha value is -1.66. The van der Waals surface area contributed by atoms with Crippen LogP contribution >= 0.6 is 0 Å². The Morgan fingerprint density at radius 2 is 1.97 bits per heavy atom. The van der Waals surface area contributed by atoms with E-state index in [0.29, 0.717) is 18.5 Å². The molecule has 5 atom stereocenters. The van der Waals surface area contributed by atoms with Gasteiger partial charge in [0.25, 0.3) is 0 Å². The maximum atomic E-state index is 12.8. The van der Waals surface area contributed by atoms with E-state index in [9.17, 15) is 4.79 Å². The van der Waals surface area contributed by atoms with Crippen molar-refractivity contribution in [3.8, 4) is 0 Å². The number of nitrogens with zero attached hydrogens (tertiary/aromatic N) is 4. The van der Waals surface area contributed by atoms with Crippen LogP contribution in [0.2, 0.25) is 0 Å². The summed E-state index contributed by atoms with van der Waals surface area (Å²) in [6, 6.07) is 6.50. The van der Waals surface area contributed by atoms with Crippen molar-refractivity contribution in [2.24, 2.45) is 23.7 Å². The number of aromatic nitrogens is 1. The summed E-state index contributed by atoms with van der Waals surface area (Å²) in [5.74, 6) is 4.55. The molecule has 2 saturated carbocycles. The normalized spacial score (nSPS) is 32.2. The molecule has 32 heavy (non-hydrogen) atoms. The number of anilines is 1. The van der Waals surface area contributed by atoms with Crippen molar-refractivity contribution in [3.63, 3.8) is 0 Å². The molecule has 0 radical (unpaired) electrons. The van der Waals surface area contributed by atoms with E-state index >= 15 is 0 Å². The molecule has 1 aromatic rings. The number of piperidine rings is 1. The van der Waals surface area contributed by atoms with Gasteiger partial charge in [-0.2, -0.15) is 0 Å². The maximum Gasteiger partial charge on any atom is 0.234 e. The summed E-state index contributed by atoms with van der Waals surface area (Å²) in [6.07, 6.45) is 9.95. The topological polar surface area (TPSA) is 51.7 Å². The quantitative estimate of drug-likeness (QED) is 0.708. The number of piperazine rings is 1. The fourth-order valence-electron chi connectivity index (χ4n) is 7.03. The zero-order valence-corrected chi connectivity index (χ0v) is 19.8. The van der Waals surface area contributed by atoms with Gasteiger partial charge in [-0.15, -0.1) is 0 Å². The van der Waals surface area contributed by atoms with E-state index in [1.807, 2.05) is 12.3 Å². The van der Waals surface area contributed by atoms with Crippen LogP contribution < -0.4 is 10.2 Å². The maximum absolute atomic E-state index is 12.8. The van der Waals surface area contributed by atoms with E-state index < -0.39 is 0 Å². The average Bonchev–Trinajstić information content (AvgIpc) is 3.44. The first-order valence-corrected chi connectivity index (χ1v) is 13.0. The number of fused-ring (bicyclic) bond motifs is 2. The molecule has 6 nitrogen and oxygen atoms in total. The van der Waals surface area contributed by atoms with E-state index in [1.54, 1.807) is 0 Å². The highest BCUT2D eigenvalue weighted by Gasteiger charge is 2.42. The minimum atomic E-state index is 0.241. The Balaban J connectivity index is 1.03. The molecule has 4 aliphatic rings. The average molecular weight is 440 g/mol. The standard InChI is InChI=1S/C26H41N5O/c1-20(24-16-21-7-8-23(24)15-21)28-26(32)19-30-10-4-5-22(18-30)17-29-11-13-31(14-12-29)25-6-2-3-9-27-25/h2-3,6,9,20-24H,4-5,7-8,10-19H2,1H3,(H,28,32). The summed E-state index contributed by atoms with van der Waals surface area (Å²) < 4.78 is 0. The lowest BCUT2D eigenvalue weighted by atomic mass is 9.84. The van der Waals surface area contributed by atoms with Crippen molar-refractivity contribution in [1.29, 1.82) is 0 Å². The fourth-order valence-corrected chi connectivity index (χ4v) is 7.03. The molecule has 5 unspecified atom stereocenters. The number of hydrogen-bond acceptors (Lipinski definition) is 5. The number of rotatable bonds is 7. The predicted molar refractivity (Wildman–Crippen MR) is 129 cm³/mol. The van der Waals surface area contributed by atoms with Gasteiger partial charge < -0.3 is 10.2 Å². The van der Waals surface area contributed by atoms with E-state index in [0.717, 1.165) is 69.4 Å². The van der Waals surface area contributed by atoms with Crippen LogP contribution in [-0.2, 0) is 4.79 Å². The van der Waals surface area contributed by atoms with E-state index in [1.165, 1.54) is 38.5 Å². The summed E-state index contributed by atoms with van der Waals surface area (Å²) in [5, 5.41) is 3.37. The van der Waals surface area contributed by atoms with Gasteiger partial charge in [0.15, 0.2) is 0 Å². The molecule has 4 fully saturated rings. The highest BCUT2D eigenvalue weighted by atomic mass is 16.2. The second-order valence-corrected chi connectivity index (χ2v) is 10.9. The second-order valence-electron chi connectivity index (χ2n) is 10.9. The first-order chi connectivity index (χ1) is 15.6. The lowest BCUT2D eigenvalue weighted by Crippen LogP contribution is -2.51. The van der Waals surface area contributed by atoms with E-state index in [4.69, 9.17) is 0 Å². The summed E-state index contributed by atoms with van der Waals surface area (Å²) in [6.45, 7) is 10.4. The molecular formula is C26H41N5O. The van der Waals surface area contributed by atoms with Crippen LogP contribution in [0.25, 0.3) is 0 Å².